The molecule has 3 nitrogen and oxygen atoms in total. The van der Waals surface area contributed by atoms with Crippen LogP contribution in [0.5, 0.6) is 0 Å². The molecular weight excluding hydrogens is 264 g/mol. The van der Waals surface area contributed by atoms with Gasteiger partial charge in [-0.2, -0.15) is 0 Å². The van der Waals surface area contributed by atoms with Gasteiger partial charge in [0.05, 0.1) is 11.7 Å². The Morgan fingerprint density at radius 2 is 1.76 bits per heavy atom. The summed E-state index contributed by atoms with van der Waals surface area (Å²) >= 11 is 0. The number of ether oxygens (including phenoxy) is 2. The van der Waals surface area contributed by atoms with E-state index in [4.69, 9.17) is 9.47 Å². The molecule has 1 N–H and O–H groups in total. The fraction of sp³-hybridized carbons (Fsp3) is 1.00. The number of aliphatic hydroxyl groups excluding tert-OH is 1. The lowest BCUT2D eigenvalue weighted by Gasteiger charge is -2.48. The van der Waals surface area contributed by atoms with Crippen LogP contribution < -0.4 is 0 Å². The molecule has 3 fully saturated rings. The van der Waals surface area contributed by atoms with Crippen molar-refractivity contribution >= 4 is 0 Å². The minimum Gasteiger partial charge on any atom is -0.393 e. The Labute approximate surface area is 129 Å². The predicted molar refractivity (Wildman–Crippen MR) is 83.2 cm³/mol. The minimum atomic E-state index is -0.149. The molecule has 21 heavy (non-hydrogen) atoms. The third-order valence-corrected chi connectivity index (χ3v) is 6.42. The largest absolute Gasteiger partial charge is 0.393 e. The molecule has 1 aliphatic carbocycles. The molecule has 1 spiro atoms. The zero-order valence-corrected chi connectivity index (χ0v) is 13.8. The van der Waals surface area contributed by atoms with E-state index in [1.165, 1.54) is 25.7 Å². The van der Waals surface area contributed by atoms with Gasteiger partial charge in [-0.1, -0.05) is 26.7 Å². The van der Waals surface area contributed by atoms with E-state index in [1.54, 1.807) is 0 Å². The van der Waals surface area contributed by atoms with E-state index in [2.05, 4.69) is 13.8 Å². The quantitative estimate of drug-likeness (QED) is 0.847. The molecule has 3 rings (SSSR count). The second-order valence-corrected chi connectivity index (χ2v) is 8.23. The summed E-state index contributed by atoms with van der Waals surface area (Å²) in [7, 11) is 0. The Kier molecular flexibility index (Phi) is 4.63. The van der Waals surface area contributed by atoms with Crippen molar-refractivity contribution < 1.29 is 14.6 Å². The maximum atomic E-state index is 11.1. The Balaban J connectivity index is 1.67. The lowest BCUT2D eigenvalue weighted by atomic mass is 9.63. The van der Waals surface area contributed by atoms with Crippen molar-refractivity contribution in [3.05, 3.63) is 0 Å². The standard InChI is InChI=1S/C18H32O3/c1-17(2)7-4-3-5-15(17)16(19)14-6-10-21-18(13-14)8-11-20-12-9-18/h14-16,19H,3-13H2,1-2H3. The van der Waals surface area contributed by atoms with Crippen LogP contribution in [-0.4, -0.2) is 36.6 Å². The summed E-state index contributed by atoms with van der Waals surface area (Å²) in [5, 5.41) is 11.1. The van der Waals surface area contributed by atoms with E-state index in [-0.39, 0.29) is 11.7 Å². The van der Waals surface area contributed by atoms with Gasteiger partial charge in [0.1, 0.15) is 0 Å². The van der Waals surface area contributed by atoms with Crippen LogP contribution in [0.2, 0.25) is 0 Å². The van der Waals surface area contributed by atoms with Crippen LogP contribution in [0.1, 0.15) is 65.2 Å². The summed E-state index contributed by atoms with van der Waals surface area (Å²) in [6, 6.07) is 0. The highest BCUT2D eigenvalue weighted by Crippen LogP contribution is 2.47. The van der Waals surface area contributed by atoms with Crippen LogP contribution in [0, 0.1) is 17.3 Å². The van der Waals surface area contributed by atoms with Gasteiger partial charge in [-0.25, -0.2) is 0 Å². The third kappa shape index (κ3) is 3.30. The van der Waals surface area contributed by atoms with E-state index in [1.807, 2.05) is 0 Å². The third-order valence-electron chi connectivity index (χ3n) is 6.42. The van der Waals surface area contributed by atoms with Crippen LogP contribution in [0.3, 0.4) is 0 Å². The molecule has 3 unspecified atom stereocenters. The normalized spacial score (nSPS) is 37.3. The van der Waals surface area contributed by atoms with Crippen LogP contribution in [0.4, 0.5) is 0 Å². The minimum absolute atomic E-state index is 0.000949. The van der Waals surface area contributed by atoms with Crippen LogP contribution in [0.25, 0.3) is 0 Å². The van der Waals surface area contributed by atoms with E-state index >= 15 is 0 Å². The van der Waals surface area contributed by atoms with Crippen molar-refractivity contribution in [2.75, 3.05) is 19.8 Å². The van der Waals surface area contributed by atoms with Crippen molar-refractivity contribution in [1.29, 1.82) is 0 Å². The highest BCUT2D eigenvalue weighted by molar-refractivity contribution is 4.95. The van der Waals surface area contributed by atoms with Crippen molar-refractivity contribution in [3.8, 4) is 0 Å². The first-order valence-corrected chi connectivity index (χ1v) is 8.92. The highest BCUT2D eigenvalue weighted by atomic mass is 16.5. The molecule has 3 atom stereocenters. The number of hydrogen-bond acceptors (Lipinski definition) is 3. The van der Waals surface area contributed by atoms with E-state index in [0.29, 0.717) is 17.3 Å². The monoisotopic (exact) mass is 296 g/mol. The molecule has 3 aliphatic rings. The van der Waals surface area contributed by atoms with Gasteiger partial charge in [0.25, 0.3) is 0 Å². The van der Waals surface area contributed by atoms with Crippen molar-refractivity contribution in [2.24, 2.45) is 17.3 Å². The summed E-state index contributed by atoms with van der Waals surface area (Å²) in [5.41, 5.74) is 0.291. The fourth-order valence-electron chi connectivity index (χ4n) is 4.93. The lowest BCUT2D eigenvalue weighted by Crippen LogP contribution is -2.49. The lowest BCUT2D eigenvalue weighted by molar-refractivity contribution is -0.168. The molecule has 2 heterocycles. The molecule has 2 aliphatic heterocycles. The Morgan fingerprint density at radius 1 is 1.00 bits per heavy atom. The zero-order chi connectivity index (χ0) is 14.9. The topological polar surface area (TPSA) is 38.7 Å². The van der Waals surface area contributed by atoms with Gasteiger partial charge >= 0.3 is 0 Å². The number of aliphatic hydroxyl groups is 1. The Bertz CT molecular complexity index is 341. The van der Waals surface area contributed by atoms with Crippen LogP contribution >= 0.6 is 0 Å². The molecule has 0 aromatic heterocycles. The highest BCUT2D eigenvalue weighted by Gasteiger charge is 2.45. The molecule has 0 bridgehead atoms. The average Bonchev–Trinajstić information content (AvgIpc) is 2.47. The molecular formula is C18H32O3. The summed E-state index contributed by atoms with van der Waals surface area (Å²) < 4.78 is 11.6. The molecule has 2 saturated heterocycles. The van der Waals surface area contributed by atoms with Crippen molar-refractivity contribution in [2.45, 2.75) is 76.9 Å². The number of hydrogen-bond donors (Lipinski definition) is 1. The molecule has 0 amide bonds. The van der Waals surface area contributed by atoms with E-state index in [0.717, 1.165) is 45.5 Å². The van der Waals surface area contributed by atoms with Gasteiger partial charge in [-0.3, -0.25) is 0 Å². The number of rotatable bonds is 2. The summed E-state index contributed by atoms with van der Waals surface area (Å²) in [4.78, 5) is 0. The SMILES string of the molecule is CC1(C)CCCCC1C(O)C1CCOC2(CCOCC2)C1. The predicted octanol–water partition coefficient (Wildman–Crippen LogP) is 3.54. The Morgan fingerprint density at radius 3 is 2.48 bits per heavy atom. The van der Waals surface area contributed by atoms with Gasteiger partial charge in [0.2, 0.25) is 0 Å². The summed E-state index contributed by atoms with van der Waals surface area (Å²) in [6.07, 6.45) is 8.98. The van der Waals surface area contributed by atoms with E-state index in [9.17, 15) is 5.11 Å². The fourth-order valence-corrected chi connectivity index (χ4v) is 4.93. The van der Waals surface area contributed by atoms with Crippen LogP contribution in [-0.2, 0) is 9.47 Å². The zero-order valence-electron chi connectivity index (χ0n) is 13.8. The second-order valence-electron chi connectivity index (χ2n) is 8.23. The molecule has 1 saturated carbocycles. The Hall–Kier alpha value is -0.120. The van der Waals surface area contributed by atoms with Crippen molar-refractivity contribution in [1.82, 2.24) is 0 Å². The molecule has 0 radical (unpaired) electrons. The van der Waals surface area contributed by atoms with Gasteiger partial charge in [0.15, 0.2) is 0 Å². The molecule has 0 aromatic rings. The first-order chi connectivity index (χ1) is 10.0. The first-order valence-electron chi connectivity index (χ1n) is 8.92. The molecule has 3 heteroatoms. The first kappa shape index (κ1) is 15.8. The maximum absolute atomic E-state index is 11.1. The van der Waals surface area contributed by atoms with Gasteiger partial charge < -0.3 is 14.6 Å². The average molecular weight is 296 g/mol. The van der Waals surface area contributed by atoms with Crippen LogP contribution in [0.15, 0.2) is 0 Å². The van der Waals surface area contributed by atoms with E-state index < -0.39 is 0 Å². The molecule has 122 valence electrons. The summed E-state index contributed by atoms with van der Waals surface area (Å²) in [5.74, 6) is 0.880. The van der Waals surface area contributed by atoms with Gasteiger partial charge in [-0.15, -0.1) is 0 Å². The smallest absolute Gasteiger partial charge is 0.0730 e. The molecule has 0 aromatic carbocycles. The van der Waals surface area contributed by atoms with Gasteiger partial charge in [-0.05, 0) is 55.8 Å². The summed E-state index contributed by atoms with van der Waals surface area (Å²) in [6.45, 7) is 7.15. The van der Waals surface area contributed by atoms with Crippen molar-refractivity contribution in [3.63, 3.8) is 0 Å². The maximum Gasteiger partial charge on any atom is 0.0730 e. The second kappa shape index (κ2) is 6.17. The van der Waals surface area contributed by atoms with Gasteiger partial charge in [0, 0.05) is 19.8 Å².